The van der Waals surface area contributed by atoms with Crippen LogP contribution in [-0.4, -0.2) is 29.2 Å². The third-order valence-corrected chi connectivity index (χ3v) is 6.07. The van der Waals surface area contributed by atoms with Gasteiger partial charge in [-0.1, -0.05) is 23.2 Å². The van der Waals surface area contributed by atoms with E-state index >= 15 is 0 Å². The van der Waals surface area contributed by atoms with E-state index in [1.54, 1.807) is 12.1 Å². The molecule has 3 aliphatic rings. The molecule has 1 aromatic carbocycles. The monoisotopic (exact) mass is 366 g/mol. The van der Waals surface area contributed by atoms with Crippen molar-refractivity contribution in [3.63, 3.8) is 0 Å². The average Bonchev–Trinajstić information content (AvgIpc) is 3.20. The van der Waals surface area contributed by atoms with Crippen molar-refractivity contribution in [1.29, 1.82) is 0 Å². The number of likely N-dealkylation sites (tertiary alicyclic amines) is 1. The number of fused-ring (bicyclic) bond motifs is 5. The van der Waals surface area contributed by atoms with E-state index in [9.17, 15) is 14.4 Å². The van der Waals surface area contributed by atoms with Gasteiger partial charge in [0.15, 0.2) is 0 Å². The summed E-state index contributed by atoms with van der Waals surface area (Å²) in [5, 5.41) is 3.41. The summed E-state index contributed by atoms with van der Waals surface area (Å²) >= 11 is 11.8. The zero-order chi connectivity index (χ0) is 17.0. The summed E-state index contributed by atoms with van der Waals surface area (Å²) in [5.74, 6) is -0.589. The summed E-state index contributed by atoms with van der Waals surface area (Å²) in [6.45, 7) is -0.261. The second kappa shape index (κ2) is 5.74. The van der Waals surface area contributed by atoms with Gasteiger partial charge < -0.3 is 5.32 Å². The fourth-order valence-corrected chi connectivity index (χ4v) is 5.01. The van der Waals surface area contributed by atoms with Gasteiger partial charge in [0, 0.05) is 5.02 Å². The quantitative estimate of drug-likeness (QED) is 0.836. The van der Waals surface area contributed by atoms with Crippen LogP contribution in [0.15, 0.2) is 18.2 Å². The van der Waals surface area contributed by atoms with Gasteiger partial charge in [-0.25, -0.2) is 0 Å². The Labute approximate surface area is 149 Å². The lowest BCUT2D eigenvalue weighted by molar-refractivity contribution is -0.143. The number of nitrogens with one attached hydrogen (secondary N) is 1. The molecule has 0 radical (unpaired) electrons. The Morgan fingerprint density at radius 3 is 2.33 bits per heavy atom. The van der Waals surface area contributed by atoms with Crippen molar-refractivity contribution in [1.82, 2.24) is 4.90 Å². The second-order valence-electron chi connectivity index (χ2n) is 6.82. The molecule has 126 valence electrons. The van der Waals surface area contributed by atoms with Gasteiger partial charge in [-0.2, -0.15) is 0 Å². The first-order valence-corrected chi connectivity index (χ1v) is 8.81. The van der Waals surface area contributed by atoms with Gasteiger partial charge in [0.25, 0.3) is 0 Å². The van der Waals surface area contributed by atoms with Crippen LogP contribution < -0.4 is 5.32 Å². The Balaban J connectivity index is 1.46. The average molecular weight is 367 g/mol. The van der Waals surface area contributed by atoms with E-state index in [0.29, 0.717) is 27.6 Å². The first-order chi connectivity index (χ1) is 11.5. The fourth-order valence-electron chi connectivity index (χ4n) is 4.55. The van der Waals surface area contributed by atoms with Crippen LogP contribution >= 0.6 is 23.2 Å². The van der Waals surface area contributed by atoms with Gasteiger partial charge in [0.2, 0.25) is 17.7 Å². The highest BCUT2D eigenvalue weighted by Gasteiger charge is 2.60. The van der Waals surface area contributed by atoms with E-state index in [1.165, 1.54) is 6.07 Å². The van der Waals surface area contributed by atoms with Crippen molar-refractivity contribution < 1.29 is 14.4 Å². The first kappa shape index (κ1) is 15.9. The third-order valence-electron chi connectivity index (χ3n) is 5.53. The highest BCUT2D eigenvalue weighted by Crippen LogP contribution is 2.56. The Morgan fingerprint density at radius 2 is 1.75 bits per heavy atom. The number of nitrogens with zero attached hydrogens (tertiary/aromatic N) is 1. The minimum absolute atomic E-state index is 0.186. The second-order valence-corrected chi connectivity index (χ2v) is 7.66. The number of anilines is 1. The molecule has 4 atom stereocenters. The maximum Gasteiger partial charge on any atom is 0.244 e. The molecule has 4 rings (SSSR count). The highest BCUT2D eigenvalue weighted by molar-refractivity contribution is 6.36. The summed E-state index contributed by atoms with van der Waals surface area (Å²) in [7, 11) is 0. The summed E-state index contributed by atoms with van der Waals surface area (Å²) in [6.07, 6.45) is 3.02. The number of halogens is 2. The van der Waals surface area contributed by atoms with E-state index < -0.39 is 5.91 Å². The summed E-state index contributed by atoms with van der Waals surface area (Å²) in [5.41, 5.74) is 0.408. The predicted molar refractivity (Wildman–Crippen MR) is 89.6 cm³/mol. The van der Waals surface area contributed by atoms with Gasteiger partial charge in [0.05, 0.1) is 22.5 Å². The lowest BCUT2D eigenvalue weighted by Crippen LogP contribution is -2.39. The van der Waals surface area contributed by atoms with Gasteiger partial charge in [0.1, 0.15) is 6.54 Å². The van der Waals surface area contributed by atoms with Crippen LogP contribution in [0.3, 0.4) is 0 Å². The zero-order valence-corrected chi connectivity index (χ0v) is 14.3. The summed E-state index contributed by atoms with van der Waals surface area (Å²) < 4.78 is 0. The molecule has 7 heteroatoms. The summed E-state index contributed by atoms with van der Waals surface area (Å²) in [4.78, 5) is 38.5. The SMILES string of the molecule is O=C(CN1C(=O)C2C3CCC(C3)C2C1=O)Nc1ccc(Cl)cc1Cl. The van der Waals surface area contributed by atoms with Gasteiger partial charge in [-0.3, -0.25) is 19.3 Å². The zero-order valence-electron chi connectivity index (χ0n) is 12.8. The van der Waals surface area contributed by atoms with E-state index in [1.807, 2.05) is 0 Å². The van der Waals surface area contributed by atoms with Crippen LogP contribution in [0.5, 0.6) is 0 Å². The molecule has 2 aliphatic carbocycles. The number of benzene rings is 1. The van der Waals surface area contributed by atoms with Crippen molar-refractivity contribution in [2.75, 3.05) is 11.9 Å². The standard InChI is InChI=1S/C17H16Cl2N2O3/c18-10-3-4-12(11(19)6-10)20-13(22)7-21-16(23)14-8-1-2-9(5-8)15(14)17(21)24/h3-4,6,8-9,14-15H,1-2,5,7H2,(H,20,22). The topological polar surface area (TPSA) is 66.5 Å². The van der Waals surface area contributed by atoms with E-state index in [0.717, 1.165) is 24.2 Å². The number of amides is 3. The van der Waals surface area contributed by atoms with Gasteiger partial charge in [-0.05, 0) is 49.3 Å². The molecular weight excluding hydrogens is 351 g/mol. The number of carbonyl (C=O) groups excluding carboxylic acids is 3. The van der Waals surface area contributed by atoms with Crippen molar-refractivity contribution in [3.05, 3.63) is 28.2 Å². The smallest absolute Gasteiger partial charge is 0.244 e. The Kier molecular flexibility index (Phi) is 3.81. The largest absolute Gasteiger partial charge is 0.323 e. The van der Waals surface area contributed by atoms with Crippen molar-refractivity contribution >= 4 is 46.6 Å². The molecule has 5 nitrogen and oxygen atoms in total. The highest BCUT2D eigenvalue weighted by atomic mass is 35.5. The number of rotatable bonds is 3. The van der Waals surface area contributed by atoms with Crippen molar-refractivity contribution in [2.24, 2.45) is 23.7 Å². The molecule has 0 spiro atoms. The lowest BCUT2D eigenvalue weighted by atomic mass is 9.81. The molecule has 1 aliphatic heterocycles. The molecule has 0 aromatic heterocycles. The molecule has 1 N–H and O–H groups in total. The first-order valence-electron chi connectivity index (χ1n) is 8.06. The Hall–Kier alpha value is -1.59. The number of imide groups is 1. The number of hydrogen-bond donors (Lipinski definition) is 1. The molecule has 2 bridgehead atoms. The molecule has 1 aromatic rings. The van der Waals surface area contributed by atoms with Crippen LogP contribution in [0.4, 0.5) is 5.69 Å². The number of carbonyl (C=O) groups is 3. The molecule has 3 amide bonds. The van der Waals surface area contributed by atoms with E-state index in [-0.39, 0.29) is 30.2 Å². The Morgan fingerprint density at radius 1 is 1.12 bits per heavy atom. The van der Waals surface area contributed by atoms with Crippen LogP contribution in [0.2, 0.25) is 10.0 Å². The normalized spacial score (nSPS) is 30.8. The van der Waals surface area contributed by atoms with Crippen LogP contribution in [0.25, 0.3) is 0 Å². The lowest BCUT2D eigenvalue weighted by Gasteiger charge is -2.19. The molecule has 3 fully saturated rings. The molecule has 2 saturated carbocycles. The maximum absolute atomic E-state index is 12.6. The van der Waals surface area contributed by atoms with E-state index in [2.05, 4.69) is 5.32 Å². The minimum Gasteiger partial charge on any atom is -0.323 e. The minimum atomic E-state index is -0.437. The number of hydrogen-bond acceptors (Lipinski definition) is 3. The fraction of sp³-hybridized carbons (Fsp3) is 0.471. The molecular formula is C17H16Cl2N2O3. The van der Waals surface area contributed by atoms with Gasteiger partial charge >= 0.3 is 0 Å². The van der Waals surface area contributed by atoms with Crippen LogP contribution in [0.1, 0.15) is 19.3 Å². The van der Waals surface area contributed by atoms with Gasteiger partial charge in [-0.15, -0.1) is 0 Å². The predicted octanol–water partition coefficient (Wildman–Crippen LogP) is 2.96. The van der Waals surface area contributed by atoms with Crippen LogP contribution in [0, 0.1) is 23.7 Å². The van der Waals surface area contributed by atoms with E-state index in [4.69, 9.17) is 23.2 Å². The van der Waals surface area contributed by atoms with Crippen LogP contribution in [-0.2, 0) is 14.4 Å². The molecule has 24 heavy (non-hydrogen) atoms. The summed E-state index contributed by atoms with van der Waals surface area (Å²) in [6, 6.07) is 4.72. The molecule has 1 heterocycles. The van der Waals surface area contributed by atoms with Crippen molar-refractivity contribution in [2.45, 2.75) is 19.3 Å². The molecule has 1 saturated heterocycles. The molecule has 4 unspecified atom stereocenters. The maximum atomic E-state index is 12.6. The Bertz CT molecular complexity index is 723. The van der Waals surface area contributed by atoms with Crippen molar-refractivity contribution in [3.8, 4) is 0 Å². The third kappa shape index (κ3) is 2.42.